The van der Waals surface area contributed by atoms with E-state index in [1.165, 1.54) is 71.9 Å². The van der Waals surface area contributed by atoms with Gasteiger partial charge >= 0.3 is 5.97 Å². The molecule has 6 aromatic carbocycles. The molecule has 3 saturated heterocycles. The van der Waals surface area contributed by atoms with E-state index in [1.807, 2.05) is 39.0 Å². The Hall–Kier alpha value is -12.6. The predicted octanol–water partition coefficient (Wildman–Crippen LogP) is 5.56. The number of fused-ring (bicyclic) bond motifs is 3. The Morgan fingerprint density at radius 1 is 0.437 bits per heavy atom. The monoisotopic (exact) mass is 1750 g/mol. The fourth-order valence-corrected chi connectivity index (χ4v) is 17.3. The normalized spacial score (nSPS) is 24.3. The van der Waals surface area contributed by atoms with E-state index in [4.69, 9.17) is 0 Å². The number of likely N-dealkylation sites (N-methyl/N-ethyl adjacent to an activating group) is 3. The molecular formula is C94H118N14O17S. The highest BCUT2D eigenvalue weighted by Crippen LogP contribution is 2.28. The molecule has 0 spiro atoms. The second-order valence-electron chi connectivity index (χ2n) is 33.5. The van der Waals surface area contributed by atoms with Crippen molar-refractivity contribution < 1.29 is 82.4 Å². The van der Waals surface area contributed by atoms with E-state index < -0.39 is 168 Å². The van der Waals surface area contributed by atoms with Gasteiger partial charge in [0, 0.05) is 102 Å². The number of unbranched alkanes of at least 4 members (excludes halogenated alkanes) is 1. The van der Waals surface area contributed by atoms with Crippen LogP contribution >= 0.6 is 11.8 Å². The van der Waals surface area contributed by atoms with Crippen molar-refractivity contribution in [1.82, 2.24) is 72.0 Å². The second-order valence-corrected chi connectivity index (χ2v) is 34.5. The van der Waals surface area contributed by atoms with Gasteiger partial charge in [-0.15, -0.1) is 11.8 Å². The van der Waals surface area contributed by atoms with E-state index in [-0.39, 0.29) is 113 Å². The van der Waals surface area contributed by atoms with Gasteiger partial charge in [-0.05, 0) is 128 Å². The number of hydrogen-bond donors (Lipinski definition) is 12. The highest BCUT2D eigenvalue weighted by Gasteiger charge is 2.45. The van der Waals surface area contributed by atoms with Gasteiger partial charge in [0.05, 0.1) is 12.2 Å². The Morgan fingerprint density at radius 2 is 0.889 bits per heavy atom. The summed E-state index contributed by atoms with van der Waals surface area (Å²) in [5.41, 5.74) is 4.14. The summed E-state index contributed by atoms with van der Waals surface area (Å²) in [7, 11) is 4.21. The van der Waals surface area contributed by atoms with Crippen LogP contribution in [-0.4, -0.2) is 252 Å². The Balaban J connectivity index is 1.01. The summed E-state index contributed by atoms with van der Waals surface area (Å²) >= 11 is 1.15. The lowest BCUT2D eigenvalue weighted by Gasteiger charge is -2.38. The minimum Gasteiger partial charge on any atom is -0.508 e. The third-order valence-electron chi connectivity index (χ3n) is 23.3. The molecular weight excluding hydrogens is 1630 g/mol. The Morgan fingerprint density at radius 3 is 1.47 bits per heavy atom. The summed E-state index contributed by atoms with van der Waals surface area (Å²) in [5, 5.41) is 54.5. The molecule has 0 bridgehead atoms. The van der Waals surface area contributed by atoms with Gasteiger partial charge in [0.2, 0.25) is 76.8 Å². The average molecular weight is 1750 g/mol. The van der Waals surface area contributed by atoms with Crippen molar-refractivity contribution in [1.29, 1.82) is 0 Å². The lowest BCUT2D eigenvalue weighted by molar-refractivity contribution is -0.152. The van der Waals surface area contributed by atoms with Crippen LogP contribution in [0.3, 0.4) is 0 Å². The maximum absolute atomic E-state index is 15.8. The van der Waals surface area contributed by atoms with Gasteiger partial charge in [-0.1, -0.05) is 167 Å². The average Bonchev–Trinajstić information content (AvgIpc) is 1.18. The minimum atomic E-state index is -1.85. The number of carboxylic acid groups (broad SMARTS) is 1. The predicted molar refractivity (Wildman–Crippen MR) is 475 cm³/mol. The van der Waals surface area contributed by atoms with E-state index in [0.717, 1.165) is 16.7 Å². The summed E-state index contributed by atoms with van der Waals surface area (Å²) in [6.07, 6.45) is 2.39. The molecule has 0 unspecified atom stereocenters. The molecule has 7 aromatic rings. The number of carboxylic acids is 1. The Labute approximate surface area is 738 Å². The van der Waals surface area contributed by atoms with Gasteiger partial charge in [-0.3, -0.25) is 67.1 Å². The van der Waals surface area contributed by atoms with Crippen LogP contribution in [-0.2, 0) is 106 Å². The number of rotatable bonds is 19. The summed E-state index contributed by atoms with van der Waals surface area (Å²) in [5.74, 6) is -11.9. The van der Waals surface area contributed by atoms with Crippen molar-refractivity contribution in [3.63, 3.8) is 0 Å². The third kappa shape index (κ3) is 26.5. The standard InChI is InChI=1S/C94H118N14O17S/c1-9-10-33-78-94(125)108-45-24-35-77(108)88(119)102-73(53-82(112)113)84(115)97-59(5)90(121)105(7)79(50-61-27-16-12-17-28-61)89(120)103-75(49-64-38-42-67(110)43-39-64)92(123)107-44-23-22-34-76(107)87(118)101-72(52-65-54-95-69-32-21-20-31-68(65)69)86(117)100-71(47-63-36-40-66(109)41-37-63)85(116)99-70(46-57(2)3)83(114)96-58(4)55-126-56-81(111)98-74(48-60-25-14-11-15-26-60)91(122)106(8)80(93(124)104(78)6)51-62-29-18-13-19-30-62/h11-21,25-32,36-43,54,57-59,70-80,95,109-110H,9-10,22-24,33-35,44-53,55-56H2,1-8H3,(H,96,114)(H,97,115)(H,98,111)(H,99,116)(H,100,117)(H,101,118)(H,102,119)(H,103,120)(H,112,113)/t58-,59+,70+,71+,72+,73+,74+,75+,76-,77-,78+,79+,80+/m1/s1. The van der Waals surface area contributed by atoms with Crippen LogP contribution in [0.4, 0.5) is 0 Å². The first-order valence-corrected chi connectivity index (χ1v) is 44.3. The highest BCUT2D eigenvalue weighted by atomic mass is 32.2. The van der Waals surface area contributed by atoms with E-state index in [0.29, 0.717) is 70.0 Å². The topological polar surface area (TPSA) is 428 Å². The number of aliphatic carboxylic acids is 1. The first-order valence-electron chi connectivity index (χ1n) is 43.2. The number of hydrogen-bond acceptors (Lipinski definition) is 17. The maximum atomic E-state index is 15.8. The zero-order valence-corrected chi connectivity index (χ0v) is 73.4. The lowest BCUT2D eigenvalue weighted by Crippen LogP contribution is -2.62. The van der Waals surface area contributed by atoms with Crippen LogP contribution in [0.25, 0.3) is 10.9 Å². The Kier molecular flexibility index (Phi) is 34.8. The van der Waals surface area contributed by atoms with Gasteiger partial charge < -0.3 is 87.3 Å². The number of carbonyl (C=O) groups is 14. The van der Waals surface area contributed by atoms with Gasteiger partial charge in [0.25, 0.3) is 0 Å². The van der Waals surface area contributed by atoms with Crippen molar-refractivity contribution in [3.05, 3.63) is 203 Å². The first kappa shape index (κ1) is 95.6. The molecule has 126 heavy (non-hydrogen) atoms. The number of aromatic nitrogens is 1. The van der Waals surface area contributed by atoms with Crippen LogP contribution in [0.1, 0.15) is 132 Å². The third-order valence-corrected chi connectivity index (χ3v) is 24.5. The summed E-state index contributed by atoms with van der Waals surface area (Å²) in [6.45, 7) is 8.65. The molecule has 4 heterocycles. The molecule has 32 heteroatoms. The first-order chi connectivity index (χ1) is 60.3. The number of benzene rings is 6. The molecule has 12 N–H and O–H groups in total. The smallest absolute Gasteiger partial charge is 0.305 e. The molecule has 13 amide bonds. The van der Waals surface area contributed by atoms with Crippen molar-refractivity contribution >= 4 is 105 Å². The fraction of sp³-hybridized carbons (Fsp3) is 0.447. The van der Waals surface area contributed by atoms with Crippen molar-refractivity contribution in [2.75, 3.05) is 45.7 Å². The molecule has 3 aliphatic rings. The highest BCUT2D eigenvalue weighted by molar-refractivity contribution is 8.00. The molecule has 672 valence electrons. The van der Waals surface area contributed by atoms with Crippen LogP contribution in [0.15, 0.2) is 170 Å². The number of nitrogens with zero attached hydrogens (tertiary/aromatic N) is 5. The summed E-state index contributed by atoms with van der Waals surface area (Å²) in [6, 6.07) is 28.1. The summed E-state index contributed by atoms with van der Waals surface area (Å²) < 4.78 is 0. The molecule has 0 saturated carbocycles. The van der Waals surface area contributed by atoms with Crippen molar-refractivity contribution in [2.45, 2.75) is 216 Å². The van der Waals surface area contributed by atoms with E-state index in [1.54, 1.807) is 134 Å². The molecule has 31 nitrogen and oxygen atoms in total. The van der Waals surface area contributed by atoms with Crippen molar-refractivity contribution in [3.8, 4) is 11.5 Å². The number of thioether (sulfide) groups is 1. The SMILES string of the molecule is CCCC[C@H]1C(=O)N2CCC[C@@H]2C(=O)N[C@@H](CC(=O)O)C(=O)N[C@@H](C)C(=O)N(C)[C@@H](Cc2ccccc2)C(=O)N[C@@H](Cc2ccc(O)cc2)C(=O)N2CCCC[C@@H]2C(=O)N[C@@H](Cc2c[nH]c3ccccc23)C(=O)N[C@@H](Cc2ccc(O)cc2)C(=O)N[C@@H](CC(C)C)C(=O)N[C@H](C)CSCC(=O)N[C@@H](Cc2ccccc2)C(=O)N(C)[C@@H](Cc2ccccc2)C(=O)N1C. The molecule has 3 fully saturated rings. The number of aromatic amines is 1. The molecule has 0 aliphatic carbocycles. The number of phenolic OH excluding ortho intramolecular Hbond substituents is 2. The number of phenols is 2. The number of para-hydroxylation sites is 1. The quantitative estimate of drug-likeness (QED) is 0.0471. The molecule has 0 radical (unpaired) electrons. The number of carbonyl (C=O) groups excluding carboxylic acids is 13. The fourth-order valence-electron chi connectivity index (χ4n) is 16.4. The number of aromatic hydroxyl groups is 2. The zero-order valence-electron chi connectivity index (χ0n) is 72.6. The molecule has 3 aliphatic heterocycles. The van der Waals surface area contributed by atoms with Gasteiger partial charge in [0.1, 0.15) is 84.0 Å². The maximum Gasteiger partial charge on any atom is 0.305 e. The van der Waals surface area contributed by atoms with Crippen molar-refractivity contribution in [2.24, 2.45) is 5.92 Å². The number of nitrogens with one attached hydrogen (secondary N) is 9. The van der Waals surface area contributed by atoms with E-state index in [2.05, 4.69) is 47.5 Å². The number of piperidine rings is 1. The second kappa shape index (κ2) is 45.9. The molecule has 1 aromatic heterocycles. The molecule has 10 rings (SSSR count). The van der Waals surface area contributed by atoms with E-state index in [9.17, 15) is 39.3 Å². The van der Waals surface area contributed by atoms with Gasteiger partial charge in [0.15, 0.2) is 0 Å². The van der Waals surface area contributed by atoms with E-state index >= 15 is 43.2 Å². The van der Waals surface area contributed by atoms with Crippen LogP contribution in [0.2, 0.25) is 0 Å². The zero-order chi connectivity index (χ0) is 90.8. The molecule has 13 atom stereocenters. The number of amides is 13. The largest absolute Gasteiger partial charge is 0.508 e. The number of H-pyrrole nitrogens is 1. The van der Waals surface area contributed by atoms with Crippen LogP contribution in [0, 0.1) is 5.92 Å². The van der Waals surface area contributed by atoms with Gasteiger partial charge in [-0.25, -0.2) is 0 Å². The Bertz CT molecular complexity index is 4950. The van der Waals surface area contributed by atoms with Gasteiger partial charge in [-0.2, -0.15) is 0 Å². The minimum absolute atomic E-state index is 0.0107. The van der Waals surface area contributed by atoms with Crippen LogP contribution in [0.5, 0.6) is 11.5 Å². The summed E-state index contributed by atoms with van der Waals surface area (Å²) in [4.78, 5) is 220. The van der Waals surface area contributed by atoms with Crippen LogP contribution < -0.4 is 42.5 Å². The lowest BCUT2D eigenvalue weighted by atomic mass is 9.96.